The van der Waals surface area contributed by atoms with Crippen molar-refractivity contribution in [2.45, 2.75) is 55.7 Å². The Balaban J connectivity index is 1.58. The highest BCUT2D eigenvalue weighted by molar-refractivity contribution is 7.98. The highest BCUT2D eigenvalue weighted by Gasteiger charge is 2.15. The van der Waals surface area contributed by atoms with Crippen LogP contribution in [0.25, 0.3) is 0 Å². The second kappa shape index (κ2) is 11.1. The molecule has 2 N–H and O–H groups in total. The lowest BCUT2D eigenvalue weighted by molar-refractivity contribution is 0.523. The van der Waals surface area contributed by atoms with Crippen molar-refractivity contribution in [1.82, 2.24) is 9.97 Å². The van der Waals surface area contributed by atoms with Gasteiger partial charge in [0.25, 0.3) is 0 Å². The smallest absolute Gasteiger partial charge is 0.148 e. The van der Waals surface area contributed by atoms with Gasteiger partial charge < -0.3 is 5.73 Å². The largest absolute Gasteiger partial charge is 0.324 e. The van der Waals surface area contributed by atoms with Crippen LogP contribution in [0.2, 0.25) is 10.2 Å². The van der Waals surface area contributed by atoms with E-state index in [1.165, 1.54) is 16.7 Å². The van der Waals surface area contributed by atoms with E-state index in [0.717, 1.165) is 35.6 Å². The average molecular weight is 460 g/mol. The molecule has 0 bridgehead atoms. The van der Waals surface area contributed by atoms with Crippen LogP contribution < -0.4 is 5.73 Å². The van der Waals surface area contributed by atoms with Crippen LogP contribution in [0.1, 0.15) is 60.5 Å². The van der Waals surface area contributed by atoms with Crippen molar-refractivity contribution in [2.75, 3.05) is 0 Å². The standard InChI is InChI=1S/C24H27Cl2N3S/c1-3-17(9-11-21(27)20-7-5-4-6-16(20)2)18-8-10-19(29-14-18)15-30-22-12-13-28-24(26)23(22)25/h4-8,10,12-14,17,21H,3,9,11,15,27H2,1-2H3/t17-,21-/m1/s1. The predicted molar refractivity (Wildman–Crippen MR) is 128 cm³/mol. The van der Waals surface area contributed by atoms with Gasteiger partial charge in [0.2, 0.25) is 0 Å². The van der Waals surface area contributed by atoms with Crippen molar-refractivity contribution in [3.63, 3.8) is 0 Å². The Labute approximate surface area is 193 Å². The molecule has 0 fully saturated rings. The first kappa shape index (κ1) is 23.1. The van der Waals surface area contributed by atoms with Gasteiger partial charge in [-0.25, -0.2) is 4.98 Å². The summed E-state index contributed by atoms with van der Waals surface area (Å²) in [5, 5.41) is 0.830. The Hall–Kier alpha value is -1.59. The van der Waals surface area contributed by atoms with Gasteiger partial charge in [-0.1, -0.05) is 60.5 Å². The summed E-state index contributed by atoms with van der Waals surface area (Å²) in [5.41, 5.74) is 11.3. The van der Waals surface area contributed by atoms with Gasteiger partial charge in [0.15, 0.2) is 0 Å². The molecule has 0 aliphatic heterocycles. The van der Waals surface area contributed by atoms with Gasteiger partial charge in [0, 0.05) is 29.1 Å². The molecule has 0 radical (unpaired) electrons. The molecule has 0 aliphatic rings. The molecule has 0 spiro atoms. The number of nitrogens with two attached hydrogens (primary N) is 1. The van der Waals surface area contributed by atoms with E-state index < -0.39 is 0 Å². The molecule has 0 amide bonds. The number of pyridine rings is 2. The highest BCUT2D eigenvalue weighted by Crippen LogP contribution is 2.33. The van der Waals surface area contributed by atoms with Gasteiger partial charge in [-0.15, -0.1) is 11.8 Å². The SMILES string of the molecule is CC[C@H](CC[C@@H](N)c1ccccc1C)c1ccc(CSc2ccnc(Cl)c2Cl)nc1. The van der Waals surface area contributed by atoms with E-state index >= 15 is 0 Å². The number of thioether (sulfide) groups is 1. The van der Waals surface area contributed by atoms with Crippen LogP contribution in [-0.4, -0.2) is 9.97 Å². The molecule has 2 heterocycles. The number of aromatic nitrogens is 2. The molecule has 158 valence electrons. The van der Waals surface area contributed by atoms with Crippen LogP contribution in [0.3, 0.4) is 0 Å². The van der Waals surface area contributed by atoms with Crippen molar-refractivity contribution in [2.24, 2.45) is 5.73 Å². The molecule has 0 aliphatic carbocycles. The minimum atomic E-state index is 0.0702. The lowest BCUT2D eigenvalue weighted by atomic mass is 9.89. The second-order valence-electron chi connectivity index (χ2n) is 7.43. The number of nitrogens with zero attached hydrogens (tertiary/aromatic N) is 2. The van der Waals surface area contributed by atoms with E-state index in [-0.39, 0.29) is 6.04 Å². The summed E-state index contributed by atoms with van der Waals surface area (Å²) >= 11 is 13.8. The Bertz CT molecular complexity index is 963. The number of aryl methyl sites for hydroxylation is 1. The summed E-state index contributed by atoms with van der Waals surface area (Å²) in [6.45, 7) is 4.35. The van der Waals surface area contributed by atoms with E-state index in [1.54, 1.807) is 18.0 Å². The van der Waals surface area contributed by atoms with Gasteiger partial charge in [-0.3, -0.25) is 4.98 Å². The maximum Gasteiger partial charge on any atom is 0.148 e. The van der Waals surface area contributed by atoms with Crippen molar-refractivity contribution in [3.05, 3.63) is 87.4 Å². The molecule has 0 saturated carbocycles. The monoisotopic (exact) mass is 459 g/mol. The zero-order chi connectivity index (χ0) is 21.5. The first-order valence-corrected chi connectivity index (χ1v) is 11.9. The highest BCUT2D eigenvalue weighted by atomic mass is 35.5. The normalized spacial score (nSPS) is 13.2. The van der Waals surface area contributed by atoms with E-state index in [2.05, 4.69) is 60.2 Å². The third-order valence-corrected chi connectivity index (χ3v) is 7.38. The Morgan fingerprint density at radius 2 is 1.83 bits per heavy atom. The minimum Gasteiger partial charge on any atom is -0.324 e. The zero-order valence-electron chi connectivity index (χ0n) is 17.3. The fraction of sp³-hybridized carbons (Fsp3) is 0.333. The number of hydrogen-bond donors (Lipinski definition) is 1. The molecule has 2 aromatic heterocycles. The van der Waals surface area contributed by atoms with Gasteiger partial charge in [0.05, 0.1) is 10.7 Å². The Kier molecular flexibility index (Phi) is 8.58. The molecular formula is C24H27Cl2N3S. The third kappa shape index (κ3) is 5.98. The molecule has 1 aromatic carbocycles. The number of rotatable bonds is 9. The van der Waals surface area contributed by atoms with Crippen LogP contribution >= 0.6 is 35.0 Å². The summed E-state index contributed by atoms with van der Waals surface area (Å²) in [7, 11) is 0. The van der Waals surface area contributed by atoms with Gasteiger partial charge in [-0.05, 0) is 60.9 Å². The van der Waals surface area contributed by atoms with Crippen molar-refractivity contribution in [3.8, 4) is 0 Å². The molecule has 30 heavy (non-hydrogen) atoms. The van der Waals surface area contributed by atoms with E-state index in [9.17, 15) is 0 Å². The van der Waals surface area contributed by atoms with E-state index in [4.69, 9.17) is 28.9 Å². The fourth-order valence-corrected chi connectivity index (χ4v) is 4.92. The Morgan fingerprint density at radius 1 is 1.03 bits per heavy atom. The van der Waals surface area contributed by atoms with Crippen LogP contribution in [0, 0.1) is 6.92 Å². The van der Waals surface area contributed by atoms with Gasteiger partial charge in [0.1, 0.15) is 5.15 Å². The van der Waals surface area contributed by atoms with Crippen molar-refractivity contribution < 1.29 is 0 Å². The Morgan fingerprint density at radius 3 is 2.53 bits per heavy atom. The number of hydrogen-bond acceptors (Lipinski definition) is 4. The van der Waals surface area contributed by atoms with Crippen molar-refractivity contribution in [1.29, 1.82) is 0 Å². The number of halogens is 2. The summed E-state index contributed by atoms with van der Waals surface area (Å²) in [5.74, 6) is 1.19. The second-order valence-corrected chi connectivity index (χ2v) is 9.18. The number of benzene rings is 1. The van der Waals surface area contributed by atoms with E-state index in [0.29, 0.717) is 16.1 Å². The maximum atomic E-state index is 6.48. The van der Waals surface area contributed by atoms with Crippen LogP contribution in [0.5, 0.6) is 0 Å². The van der Waals surface area contributed by atoms with Crippen LogP contribution in [0.15, 0.2) is 59.8 Å². The third-order valence-electron chi connectivity index (χ3n) is 5.41. The molecule has 3 nitrogen and oxygen atoms in total. The van der Waals surface area contributed by atoms with Crippen molar-refractivity contribution >= 4 is 35.0 Å². The van der Waals surface area contributed by atoms with Gasteiger partial charge >= 0.3 is 0 Å². The topological polar surface area (TPSA) is 51.8 Å². The molecular weight excluding hydrogens is 433 g/mol. The maximum absolute atomic E-state index is 6.48. The summed E-state index contributed by atoms with van der Waals surface area (Å²) < 4.78 is 0. The fourth-order valence-electron chi connectivity index (χ4n) is 3.57. The molecule has 0 unspecified atom stereocenters. The summed E-state index contributed by atoms with van der Waals surface area (Å²) in [4.78, 5) is 9.57. The zero-order valence-corrected chi connectivity index (χ0v) is 19.6. The average Bonchev–Trinajstić information content (AvgIpc) is 2.76. The molecule has 3 aromatic rings. The molecule has 0 saturated heterocycles. The molecule has 2 atom stereocenters. The lowest BCUT2D eigenvalue weighted by Gasteiger charge is -2.19. The quantitative estimate of drug-likeness (QED) is 0.268. The summed E-state index contributed by atoms with van der Waals surface area (Å²) in [6, 6.07) is 14.6. The first-order chi connectivity index (χ1) is 14.5. The molecule has 3 rings (SSSR count). The first-order valence-electron chi connectivity index (χ1n) is 10.2. The molecule has 6 heteroatoms. The lowest BCUT2D eigenvalue weighted by Crippen LogP contribution is -2.13. The van der Waals surface area contributed by atoms with Crippen LogP contribution in [-0.2, 0) is 5.75 Å². The van der Waals surface area contributed by atoms with Crippen LogP contribution in [0.4, 0.5) is 0 Å². The minimum absolute atomic E-state index is 0.0702. The van der Waals surface area contributed by atoms with E-state index in [1.807, 2.05) is 12.3 Å². The van der Waals surface area contributed by atoms with Gasteiger partial charge in [-0.2, -0.15) is 0 Å². The summed E-state index contributed by atoms with van der Waals surface area (Å²) in [6.07, 6.45) is 6.75. The predicted octanol–water partition coefficient (Wildman–Crippen LogP) is 7.36.